The summed E-state index contributed by atoms with van der Waals surface area (Å²) in [6, 6.07) is 3.25. The Bertz CT molecular complexity index is 618. The zero-order valence-electron chi connectivity index (χ0n) is 12.7. The van der Waals surface area contributed by atoms with E-state index < -0.39 is 0 Å². The van der Waals surface area contributed by atoms with Gasteiger partial charge in [-0.05, 0) is 31.4 Å². The number of hydrogen-bond acceptors (Lipinski definition) is 3. The van der Waals surface area contributed by atoms with Gasteiger partial charge in [0.25, 0.3) is 0 Å². The van der Waals surface area contributed by atoms with Crippen LogP contribution in [0.25, 0.3) is 0 Å². The molecule has 0 saturated carbocycles. The van der Waals surface area contributed by atoms with Crippen molar-refractivity contribution in [3.8, 4) is 0 Å². The number of carbonyl (C=O) groups excluding carboxylic acids is 2. The minimum absolute atomic E-state index is 0.0774. The first-order chi connectivity index (χ1) is 10.6. The fourth-order valence-electron chi connectivity index (χ4n) is 3.24. The Morgan fingerprint density at radius 1 is 1.36 bits per heavy atom. The lowest BCUT2D eigenvalue weighted by Crippen LogP contribution is -2.52. The maximum Gasteiger partial charge on any atom is 0.242 e. The summed E-state index contributed by atoms with van der Waals surface area (Å²) in [4.78, 5) is 27.3. The normalized spacial score (nSPS) is 18.0. The van der Waals surface area contributed by atoms with E-state index in [-0.39, 0.29) is 30.7 Å². The molecule has 118 valence electrons. The number of piperazine rings is 1. The van der Waals surface area contributed by atoms with Crippen molar-refractivity contribution in [1.29, 1.82) is 0 Å². The third-order valence-corrected chi connectivity index (χ3v) is 4.32. The summed E-state index contributed by atoms with van der Waals surface area (Å²) < 4.78 is 14.0. The Labute approximate surface area is 129 Å². The van der Waals surface area contributed by atoms with Crippen LogP contribution in [0.3, 0.4) is 0 Å². The molecule has 0 atom stereocenters. The maximum atomic E-state index is 14.0. The Hall–Kier alpha value is -2.11. The monoisotopic (exact) mass is 305 g/mol. The average molecular weight is 305 g/mol. The van der Waals surface area contributed by atoms with E-state index >= 15 is 0 Å². The summed E-state index contributed by atoms with van der Waals surface area (Å²) in [5, 5.41) is 2.71. The zero-order chi connectivity index (χ0) is 15.7. The fraction of sp³-hybridized carbons (Fsp3) is 0.500. The molecular weight excluding hydrogens is 285 g/mol. The summed E-state index contributed by atoms with van der Waals surface area (Å²) in [5.74, 6) is -0.401. The topological polar surface area (TPSA) is 52.7 Å². The number of amides is 2. The first kappa shape index (κ1) is 14.8. The molecule has 6 heteroatoms. The van der Waals surface area contributed by atoms with Gasteiger partial charge in [0, 0.05) is 30.9 Å². The van der Waals surface area contributed by atoms with Gasteiger partial charge >= 0.3 is 0 Å². The Morgan fingerprint density at radius 3 is 2.95 bits per heavy atom. The van der Waals surface area contributed by atoms with E-state index in [1.165, 1.54) is 6.07 Å². The molecule has 22 heavy (non-hydrogen) atoms. The summed E-state index contributed by atoms with van der Waals surface area (Å²) in [6.45, 7) is 4.02. The van der Waals surface area contributed by atoms with E-state index in [2.05, 4.69) is 5.32 Å². The molecule has 2 amide bonds. The molecule has 0 unspecified atom stereocenters. The summed E-state index contributed by atoms with van der Waals surface area (Å²) in [5.41, 5.74) is 2.54. The second-order valence-corrected chi connectivity index (χ2v) is 5.88. The average Bonchev–Trinajstić information content (AvgIpc) is 2.51. The van der Waals surface area contributed by atoms with E-state index in [0.717, 1.165) is 24.2 Å². The number of fused-ring (bicyclic) bond motifs is 1. The van der Waals surface area contributed by atoms with Crippen LogP contribution in [-0.4, -0.2) is 49.4 Å². The lowest BCUT2D eigenvalue weighted by molar-refractivity contribution is -0.137. The number of hydrogen-bond donors (Lipinski definition) is 1. The minimum atomic E-state index is -0.199. The Morgan fingerprint density at radius 2 is 2.18 bits per heavy atom. The summed E-state index contributed by atoms with van der Waals surface area (Å²) in [7, 11) is 0. The smallest absolute Gasteiger partial charge is 0.242 e. The number of benzene rings is 1. The van der Waals surface area contributed by atoms with Crippen molar-refractivity contribution in [2.45, 2.75) is 19.8 Å². The van der Waals surface area contributed by atoms with Gasteiger partial charge in [0.05, 0.1) is 13.1 Å². The van der Waals surface area contributed by atoms with Crippen molar-refractivity contribution in [2.75, 3.05) is 37.6 Å². The van der Waals surface area contributed by atoms with Crippen molar-refractivity contribution in [2.24, 2.45) is 0 Å². The van der Waals surface area contributed by atoms with E-state index in [1.807, 2.05) is 11.8 Å². The first-order valence-corrected chi connectivity index (χ1v) is 7.63. The highest BCUT2D eigenvalue weighted by atomic mass is 19.1. The number of aryl methyl sites for hydroxylation is 1. The van der Waals surface area contributed by atoms with Crippen molar-refractivity contribution < 1.29 is 14.0 Å². The molecule has 2 heterocycles. The van der Waals surface area contributed by atoms with Gasteiger partial charge in [-0.2, -0.15) is 0 Å². The molecule has 0 spiro atoms. The van der Waals surface area contributed by atoms with Crippen LogP contribution in [0.4, 0.5) is 10.1 Å². The number of halogens is 1. The molecule has 2 aliphatic rings. The number of nitrogens with zero attached hydrogens (tertiary/aromatic N) is 2. The van der Waals surface area contributed by atoms with E-state index in [9.17, 15) is 14.0 Å². The third-order valence-electron chi connectivity index (χ3n) is 4.32. The molecule has 0 bridgehead atoms. The molecule has 0 aliphatic carbocycles. The van der Waals surface area contributed by atoms with Crippen LogP contribution in [0, 0.1) is 12.7 Å². The highest BCUT2D eigenvalue weighted by molar-refractivity contribution is 5.88. The molecule has 5 nitrogen and oxygen atoms in total. The van der Waals surface area contributed by atoms with Gasteiger partial charge in [0.2, 0.25) is 11.8 Å². The predicted octanol–water partition coefficient (Wildman–Crippen LogP) is 0.845. The maximum absolute atomic E-state index is 14.0. The van der Waals surface area contributed by atoms with E-state index in [0.29, 0.717) is 25.1 Å². The van der Waals surface area contributed by atoms with E-state index in [1.54, 1.807) is 11.0 Å². The summed E-state index contributed by atoms with van der Waals surface area (Å²) in [6.07, 6.45) is 1.54. The highest BCUT2D eigenvalue weighted by Gasteiger charge is 2.27. The molecule has 1 aromatic carbocycles. The van der Waals surface area contributed by atoms with Crippen LogP contribution in [0.15, 0.2) is 12.1 Å². The van der Waals surface area contributed by atoms with Crippen LogP contribution < -0.4 is 10.2 Å². The van der Waals surface area contributed by atoms with Gasteiger partial charge in [0.1, 0.15) is 5.82 Å². The van der Waals surface area contributed by atoms with Gasteiger partial charge in [-0.3, -0.25) is 9.59 Å². The third kappa shape index (κ3) is 2.77. The number of anilines is 1. The van der Waals surface area contributed by atoms with E-state index in [4.69, 9.17) is 0 Å². The number of carbonyl (C=O) groups is 2. The van der Waals surface area contributed by atoms with Crippen LogP contribution in [-0.2, 0) is 16.0 Å². The number of rotatable bonds is 2. The lowest BCUT2D eigenvalue weighted by atomic mass is 9.97. The van der Waals surface area contributed by atoms with Crippen LogP contribution in [0.1, 0.15) is 17.5 Å². The van der Waals surface area contributed by atoms with Crippen molar-refractivity contribution >= 4 is 17.5 Å². The standard InChI is InChI=1S/C16H20FN3O2/c1-11-4-5-13(17)12-3-2-7-20(16(11)12)10-15(22)19-8-6-18-14(21)9-19/h4-5H,2-3,6-10H2,1H3,(H,18,21). The molecule has 2 aliphatic heterocycles. The van der Waals surface area contributed by atoms with Crippen molar-refractivity contribution in [3.63, 3.8) is 0 Å². The predicted molar refractivity (Wildman–Crippen MR) is 81.3 cm³/mol. The second kappa shape index (κ2) is 5.94. The van der Waals surface area contributed by atoms with Crippen LogP contribution in [0.5, 0.6) is 0 Å². The van der Waals surface area contributed by atoms with Crippen molar-refractivity contribution in [3.05, 3.63) is 29.1 Å². The molecule has 1 fully saturated rings. The minimum Gasteiger partial charge on any atom is -0.362 e. The van der Waals surface area contributed by atoms with Gasteiger partial charge in [-0.1, -0.05) is 6.07 Å². The largest absolute Gasteiger partial charge is 0.362 e. The van der Waals surface area contributed by atoms with Crippen LogP contribution in [0.2, 0.25) is 0 Å². The van der Waals surface area contributed by atoms with Crippen LogP contribution >= 0.6 is 0 Å². The zero-order valence-corrected chi connectivity index (χ0v) is 12.7. The highest BCUT2D eigenvalue weighted by Crippen LogP contribution is 2.32. The molecule has 0 aromatic heterocycles. The quantitative estimate of drug-likeness (QED) is 0.881. The Kier molecular flexibility index (Phi) is 4.00. The molecule has 3 rings (SSSR count). The van der Waals surface area contributed by atoms with Crippen molar-refractivity contribution in [1.82, 2.24) is 10.2 Å². The molecule has 1 saturated heterocycles. The SMILES string of the molecule is Cc1ccc(F)c2c1N(CC(=O)N1CCNC(=O)C1)CCC2. The van der Waals surface area contributed by atoms with Gasteiger partial charge in [0.15, 0.2) is 0 Å². The molecular formula is C16H20FN3O2. The van der Waals surface area contributed by atoms with Gasteiger partial charge in [-0.25, -0.2) is 4.39 Å². The second-order valence-electron chi connectivity index (χ2n) is 5.88. The fourth-order valence-corrected chi connectivity index (χ4v) is 3.24. The first-order valence-electron chi connectivity index (χ1n) is 7.63. The summed E-state index contributed by atoms with van der Waals surface area (Å²) >= 11 is 0. The molecule has 0 radical (unpaired) electrons. The Balaban J connectivity index is 1.78. The van der Waals surface area contributed by atoms with Gasteiger partial charge < -0.3 is 15.1 Å². The number of nitrogens with one attached hydrogen (secondary N) is 1. The molecule has 1 aromatic rings. The lowest BCUT2D eigenvalue weighted by Gasteiger charge is -2.35. The van der Waals surface area contributed by atoms with Gasteiger partial charge in [-0.15, -0.1) is 0 Å². The molecule has 1 N–H and O–H groups in total.